The fourth-order valence-electron chi connectivity index (χ4n) is 0.781. The van der Waals surface area contributed by atoms with Crippen molar-refractivity contribution in [3.05, 3.63) is 34.1 Å². The van der Waals surface area contributed by atoms with E-state index < -0.39 is 16.9 Å². The van der Waals surface area contributed by atoms with Gasteiger partial charge in [-0.3, -0.25) is 4.21 Å². The lowest BCUT2D eigenvalue weighted by Crippen LogP contribution is -1.95. The van der Waals surface area contributed by atoms with E-state index in [-0.39, 0.29) is 5.75 Å². The third-order valence-corrected chi connectivity index (χ3v) is 2.60. The van der Waals surface area contributed by atoms with Crippen LogP contribution in [0.15, 0.2) is 22.7 Å². The summed E-state index contributed by atoms with van der Waals surface area (Å²) in [6.07, 6.45) is 0. The maximum absolute atomic E-state index is 12.6. The molecule has 0 radical (unpaired) electrons. The van der Waals surface area contributed by atoms with Gasteiger partial charge in [0.2, 0.25) is 0 Å². The Morgan fingerprint density at radius 2 is 2.25 bits per heavy atom. The van der Waals surface area contributed by atoms with Gasteiger partial charge in [-0.2, -0.15) is 0 Å². The van der Waals surface area contributed by atoms with Crippen molar-refractivity contribution in [2.75, 3.05) is 0 Å². The standard InChI is InChI=1S/C7H6BrFO2S/c8-7-2-1-6(9)3-5(7)4-12(10)11/h1-3H,4H2,(H,10,11)/p-1. The average molecular weight is 252 g/mol. The highest BCUT2D eigenvalue weighted by molar-refractivity contribution is 9.10. The molecule has 1 aromatic carbocycles. The van der Waals surface area contributed by atoms with Gasteiger partial charge in [-0.15, -0.1) is 0 Å². The summed E-state index contributed by atoms with van der Waals surface area (Å²) in [5, 5.41) is 0. The molecule has 0 aliphatic heterocycles. The summed E-state index contributed by atoms with van der Waals surface area (Å²) in [5.41, 5.74) is 0.434. The normalized spacial score (nSPS) is 12.9. The van der Waals surface area contributed by atoms with Crippen LogP contribution in [-0.4, -0.2) is 8.76 Å². The zero-order valence-corrected chi connectivity index (χ0v) is 8.32. The molecule has 0 aliphatic rings. The Labute approximate surface area is 80.2 Å². The largest absolute Gasteiger partial charge is 0.772 e. The predicted octanol–water partition coefficient (Wildman–Crippen LogP) is 1.97. The Bertz CT molecular complexity index is 316. The van der Waals surface area contributed by atoms with E-state index in [1.54, 1.807) is 0 Å². The summed E-state index contributed by atoms with van der Waals surface area (Å²) in [4.78, 5) is 0. The van der Waals surface area contributed by atoms with E-state index in [1.165, 1.54) is 18.2 Å². The lowest BCUT2D eigenvalue weighted by Gasteiger charge is -2.06. The number of halogens is 2. The molecule has 1 rings (SSSR count). The van der Waals surface area contributed by atoms with E-state index in [0.717, 1.165) is 0 Å². The SMILES string of the molecule is O=S([O-])Cc1cc(F)ccc1Br. The van der Waals surface area contributed by atoms with Crippen LogP contribution in [0.5, 0.6) is 0 Å². The van der Waals surface area contributed by atoms with Crippen molar-refractivity contribution in [1.29, 1.82) is 0 Å². The average Bonchev–Trinajstić information content (AvgIpc) is 1.96. The van der Waals surface area contributed by atoms with Gasteiger partial charge in [0, 0.05) is 10.2 Å². The first-order valence-corrected chi connectivity index (χ1v) is 5.13. The van der Waals surface area contributed by atoms with Gasteiger partial charge in [-0.05, 0) is 23.8 Å². The minimum absolute atomic E-state index is 0.168. The molecule has 5 heteroatoms. The number of hydrogen-bond acceptors (Lipinski definition) is 2. The molecule has 0 aromatic heterocycles. The lowest BCUT2D eigenvalue weighted by atomic mass is 10.2. The first-order valence-electron chi connectivity index (χ1n) is 3.09. The Hall–Kier alpha value is -0.260. The highest BCUT2D eigenvalue weighted by Gasteiger charge is 2.00. The molecular weight excluding hydrogens is 247 g/mol. The molecule has 0 saturated heterocycles. The summed E-state index contributed by atoms with van der Waals surface area (Å²) in [6, 6.07) is 3.94. The molecule has 2 nitrogen and oxygen atoms in total. The molecule has 0 spiro atoms. The van der Waals surface area contributed by atoms with Gasteiger partial charge in [-0.25, -0.2) is 4.39 Å². The van der Waals surface area contributed by atoms with Gasteiger partial charge in [0.1, 0.15) is 5.82 Å². The summed E-state index contributed by atoms with van der Waals surface area (Å²) in [7, 11) is 0. The van der Waals surface area contributed by atoms with Crippen molar-refractivity contribution in [2.45, 2.75) is 5.75 Å². The highest BCUT2D eigenvalue weighted by atomic mass is 79.9. The Morgan fingerprint density at radius 1 is 1.58 bits per heavy atom. The maximum Gasteiger partial charge on any atom is 0.123 e. The first-order chi connectivity index (χ1) is 5.59. The van der Waals surface area contributed by atoms with E-state index in [2.05, 4.69) is 15.9 Å². The van der Waals surface area contributed by atoms with Gasteiger partial charge < -0.3 is 4.55 Å². The molecule has 0 saturated carbocycles. The minimum atomic E-state index is -2.18. The molecule has 0 aliphatic carbocycles. The van der Waals surface area contributed by atoms with Crippen LogP contribution in [0.25, 0.3) is 0 Å². The predicted molar refractivity (Wildman–Crippen MR) is 46.7 cm³/mol. The van der Waals surface area contributed by atoms with Crippen LogP contribution < -0.4 is 0 Å². The quantitative estimate of drug-likeness (QED) is 0.755. The van der Waals surface area contributed by atoms with Crippen molar-refractivity contribution in [1.82, 2.24) is 0 Å². The fraction of sp³-hybridized carbons (Fsp3) is 0.143. The molecular formula is C7H5BrFO2S-. The Kier molecular flexibility index (Phi) is 3.37. The smallest absolute Gasteiger partial charge is 0.123 e. The molecule has 0 heterocycles. The Balaban J connectivity index is 2.97. The Morgan fingerprint density at radius 3 is 2.83 bits per heavy atom. The van der Waals surface area contributed by atoms with Crippen molar-refractivity contribution >= 4 is 27.0 Å². The van der Waals surface area contributed by atoms with Crippen LogP contribution in [0.1, 0.15) is 5.56 Å². The summed E-state index contributed by atoms with van der Waals surface area (Å²) >= 11 is 0.937. The van der Waals surface area contributed by atoms with Gasteiger partial charge in [-0.1, -0.05) is 27.0 Å². The lowest BCUT2D eigenvalue weighted by molar-refractivity contribution is 0.536. The van der Waals surface area contributed by atoms with E-state index in [1.807, 2.05) is 0 Å². The zero-order chi connectivity index (χ0) is 9.14. The molecule has 0 N–H and O–H groups in total. The second-order valence-electron chi connectivity index (χ2n) is 2.18. The van der Waals surface area contributed by atoms with Gasteiger partial charge in [0.15, 0.2) is 0 Å². The molecule has 0 bridgehead atoms. The molecule has 66 valence electrons. The molecule has 1 aromatic rings. The van der Waals surface area contributed by atoms with E-state index in [4.69, 9.17) is 0 Å². The zero-order valence-electron chi connectivity index (χ0n) is 5.92. The summed E-state index contributed by atoms with van der Waals surface area (Å²) in [6.45, 7) is 0. The van der Waals surface area contributed by atoms with E-state index in [9.17, 15) is 13.2 Å². The van der Waals surface area contributed by atoms with Gasteiger partial charge in [0.05, 0.1) is 0 Å². The van der Waals surface area contributed by atoms with Crippen LogP contribution in [-0.2, 0) is 16.8 Å². The number of benzene rings is 1. The first kappa shape index (κ1) is 9.83. The summed E-state index contributed by atoms with van der Waals surface area (Å²) < 4.78 is 33.8. The van der Waals surface area contributed by atoms with Crippen molar-refractivity contribution in [2.24, 2.45) is 0 Å². The second kappa shape index (κ2) is 4.11. The van der Waals surface area contributed by atoms with E-state index in [0.29, 0.717) is 10.0 Å². The van der Waals surface area contributed by atoms with Crippen LogP contribution in [0.3, 0.4) is 0 Å². The van der Waals surface area contributed by atoms with Crippen LogP contribution in [0.2, 0.25) is 0 Å². The van der Waals surface area contributed by atoms with Crippen LogP contribution in [0, 0.1) is 5.82 Å². The minimum Gasteiger partial charge on any atom is -0.772 e. The van der Waals surface area contributed by atoms with Crippen LogP contribution >= 0.6 is 15.9 Å². The molecule has 0 fully saturated rings. The maximum atomic E-state index is 12.6. The number of hydrogen-bond donors (Lipinski definition) is 0. The highest BCUT2D eigenvalue weighted by Crippen LogP contribution is 2.18. The van der Waals surface area contributed by atoms with Crippen molar-refractivity contribution in [3.8, 4) is 0 Å². The van der Waals surface area contributed by atoms with Crippen molar-refractivity contribution < 1.29 is 13.2 Å². The van der Waals surface area contributed by atoms with Gasteiger partial charge in [0.25, 0.3) is 0 Å². The molecule has 0 amide bonds. The monoisotopic (exact) mass is 251 g/mol. The summed E-state index contributed by atoms with van der Waals surface area (Å²) in [5.74, 6) is -0.600. The third kappa shape index (κ3) is 2.66. The number of rotatable bonds is 2. The molecule has 12 heavy (non-hydrogen) atoms. The molecule has 1 atom stereocenters. The fourth-order valence-corrected chi connectivity index (χ4v) is 1.85. The molecule has 1 unspecified atom stereocenters. The van der Waals surface area contributed by atoms with Crippen LogP contribution in [0.4, 0.5) is 4.39 Å². The topological polar surface area (TPSA) is 40.1 Å². The third-order valence-electron chi connectivity index (χ3n) is 1.28. The van der Waals surface area contributed by atoms with Crippen molar-refractivity contribution in [3.63, 3.8) is 0 Å². The van der Waals surface area contributed by atoms with Gasteiger partial charge >= 0.3 is 0 Å². The van der Waals surface area contributed by atoms with E-state index >= 15 is 0 Å². The second-order valence-corrected chi connectivity index (χ2v) is 3.93.